The molecule has 2 bridgehead atoms. The van der Waals surface area contributed by atoms with Gasteiger partial charge in [0.1, 0.15) is 0 Å². The Kier molecular flexibility index (Phi) is 3.44. The number of carbonyl (C=O) groups is 2. The number of carbonyl (C=O) groups excluding carboxylic acids is 2. The predicted octanol–water partition coefficient (Wildman–Crippen LogP) is 5.19. The number of halogens is 1. The predicted molar refractivity (Wildman–Crippen MR) is 119 cm³/mol. The van der Waals surface area contributed by atoms with E-state index in [0.717, 1.165) is 4.47 Å². The smallest absolute Gasteiger partial charge is 0.238 e. The Morgan fingerprint density at radius 3 is 1.53 bits per heavy atom. The summed E-state index contributed by atoms with van der Waals surface area (Å²) < 4.78 is 0.849. The van der Waals surface area contributed by atoms with Crippen molar-refractivity contribution in [3.05, 3.63) is 99.5 Å². The van der Waals surface area contributed by atoms with E-state index < -0.39 is 22.7 Å². The fourth-order valence-electron chi connectivity index (χ4n) is 6.44. The molecule has 0 N–H and O–H groups in total. The summed E-state index contributed by atoms with van der Waals surface area (Å²) in [6.07, 6.45) is 0. The molecule has 0 aromatic heterocycles. The molecule has 0 saturated carbocycles. The maximum absolute atomic E-state index is 13.9. The Hall–Kier alpha value is -2.72. The van der Waals surface area contributed by atoms with Crippen LogP contribution < -0.4 is 4.90 Å². The molecule has 2 atom stereocenters. The van der Waals surface area contributed by atoms with Gasteiger partial charge in [-0.3, -0.25) is 9.59 Å². The van der Waals surface area contributed by atoms with Gasteiger partial charge in [0, 0.05) is 15.3 Å². The van der Waals surface area contributed by atoms with Crippen molar-refractivity contribution >= 4 is 33.4 Å². The Balaban J connectivity index is 1.67. The molecule has 3 aliphatic carbocycles. The summed E-state index contributed by atoms with van der Waals surface area (Å²) in [5.74, 6) is -1.03. The fourth-order valence-corrected chi connectivity index (χ4v) is 6.83. The Morgan fingerprint density at radius 1 is 0.700 bits per heavy atom. The minimum absolute atomic E-state index is 0.0965. The first kappa shape index (κ1) is 18.1. The van der Waals surface area contributed by atoms with E-state index in [9.17, 15) is 9.59 Å². The molecule has 0 radical (unpaired) electrons. The van der Waals surface area contributed by atoms with Gasteiger partial charge < -0.3 is 0 Å². The molecule has 148 valence electrons. The standard InChI is InChI=1S/C26H20BrNO2/c1-25-17-10-3-5-12-19(17)26(2,20-13-6-4-11-18(20)25)22-21(25)23(29)28(24(22)30)16-9-7-8-15(27)14-16/h3-14,21-22H,1-2H3/t21-,22-,25?,26?/m1/s1. The van der Waals surface area contributed by atoms with Crippen LogP contribution >= 0.6 is 15.9 Å². The molecule has 3 nitrogen and oxygen atoms in total. The highest BCUT2D eigenvalue weighted by Crippen LogP contribution is 2.66. The summed E-state index contributed by atoms with van der Waals surface area (Å²) >= 11 is 3.48. The first-order valence-corrected chi connectivity index (χ1v) is 11.0. The van der Waals surface area contributed by atoms with Gasteiger partial charge in [-0.2, -0.15) is 0 Å². The molecular weight excluding hydrogens is 438 g/mol. The average molecular weight is 458 g/mol. The van der Waals surface area contributed by atoms with Crippen LogP contribution in [-0.4, -0.2) is 11.8 Å². The second kappa shape index (κ2) is 5.70. The van der Waals surface area contributed by atoms with Crippen molar-refractivity contribution in [3.63, 3.8) is 0 Å². The molecule has 1 heterocycles. The van der Waals surface area contributed by atoms with Gasteiger partial charge in [0.15, 0.2) is 0 Å². The molecule has 4 aliphatic rings. The maximum atomic E-state index is 13.9. The lowest BCUT2D eigenvalue weighted by atomic mass is 9.42. The monoisotopic (exact) mass is 457 g/mol. The normalized spacial score (nSPS) is 30.8. The van der Waals surface area contributed by atoms with Crippen molar-refractivity contribution in [2.24, 2.45) is 11.8 Å². The molecule has 1 fully saturated rings. The van der Waals surface area contributed by atoms with E-state index in [0.29, 0.717) is 5.69 Å². The Bertz CT molecular complexity index is 1140. The minimum Gasteiger partial charge on any atom is -0.274 e. The minimum atomic E-state index is -0.539. The van der Waals surface area contributed by atoms with Crippen LogP contribution in [0.15, 0.2) is 77.3 Å². The van der Waals surface area contributed by atoms with Gasteiger partial charge in [-0.25, -0.2) is 4.90 Å². The Morgan fingerprint density at radius 2 is 1.13 bits per heavy atom. The number of rotatable bonds is 1. The van der Waals surface area contributed by atoms with Crippen LogP contribution in [0, 0.1) is 11.8 Å². The van der Waals surface area contributed by atoms with Crippen LogP contribution in [0.1, 0.15) is 36.1 Å². The number of hydrogen-bond donors (Lipinski definition) is 0. The van der Waals surface area contributed by atoms with Gasteiger partial charge in [0.25, 0.3) is 0 Å². The molecule has 3 aromatic rings. The molecule has 7 rings (SSSR count). The maximum Gasteiger partial charge on any atom is 0.238 e. The summed E-state index contributed by atoms with van der Waals surface area (Å²) in [5.41, 5.74) is 4.24. The quantitative estimate of drug-likeness (QED) is 0.471. The van der Waals surface area contributed by atoms with E-state index in [1.807, 2.05) is 48.5 Å². The van der Waals surface area contributed by atoms with Crippen LogP contribution in [-0.2, 0) is 20.4 Å². The van der Waals surface area contributed by atoms with Crippen molar-refractivity contribution in [2.45, 2.75) is 24.7 Å². The highest BCUT2D eigenvalue weighted by atomic mass is 79.9. The van der Waals surface area contributed by atoms with Gasteiger partial charge in [0.2, 0.25) is 11.8 Å². The lowest BCUT2D eigenvalue weighted by molar-refractivity contribution is -0.124. The average Bonchev–Trinajstić information content (AvgIpc) is 3.03. The van der Waals surface area contributed by atoms with Gasteiger partial charge in [-0.05, 0) is 40.5 Å². The van der Waals surface area contributed by atoms with Crippen LogP contribution in [0.2, 0.25) is 0 Å². The van der Waals surface area contributed by atoms with Crippen molar-refractivity contribution in [1.82, 2.24) is 0 Å². The molecule has 0 unspecified atom stereocenters. The van der Waals surface area contributed by atoms with Crippen LogP contribution in [0.5, 0.6) is 0 Å². The van der Waals surface area contributed by atoms with E-state index in [-0.39, 0.29) is 11.8 Å². The van der Waals surface area contributed by atoms with Gasteiger partial charge in [-0.1, -0.05) is 84.4 Å². The molecule has 30 heavy (non-hydrogen) atoms. The summed E-state index contributed by atoms with van der Waals surface area (Å²) in [5, 5.41) is 0. The molecule has 1 saturated heterocycles. The van der Waals surface area contributed by atoms with Crippen molar-refractivity contribution in [2.75, 3.05) is 4.90 Å². The van der Waals surface area contributed by atoms with Crippen LogP contribution in [0.4, 0.5) is 5.69 Å². The third kappa shape index (κ3) is 1.87. The summed E-state index contributed by atoms with van der Waals surface area (Å²) in [6.45, 7) is 4.30. The zero-order chi connectivity index (χ0) is 20.8. The van der Waals surface area contributed by atoms with Crippen molar-refractivity contribution in [1.29, 1.82) is 0 Å². The first-order valence-electron chi connectivity index (χ1n) is 10.2. The lowest BCUT2D eigenvalue weighted by Crippen LogP contribution is -2.59. The van der Waals surface area contributed by atoms with Crippen molar-refractivity contribution in [3.8, 4) is 0 Å². The lowest BCUT2D eigenvalue weighted by Gasteiger charge is -2.57. The number of anilines is 1. The molecule has 2 amide bonds. The molecule has 1 aliphatic heterocycles. The van der Waals surface area contributed by atoms with E-state index in [1.54, 1.807) is 0 Å². The van der Waals surface area contributed by atoms with Crippen LogP contribution in [0.25, 0.3) is 0 Å². The number of imide groups is 1. The van der Waals surface area contributed by atoms with Gasteiger partial charge in [-0.15, -0.1) is 0 Å². The number of benzene rings is 3. The largest absolute Gasteiger partial charge is 0.274 e. The summed E-state index contributed by atoms with van der Waals surface area (Å²) in [7, 11) is 0. The van der Waals surface area contributed by atoms with E-state index in [2.05, 4.69) is 54.0 Å². The van der Waals surface area contributed by atoms with Gasteiger partial charge >= 0.3 is 0 Å². The van der Waals surface area contributed by atoms with E-state index >= 15 is 0 Å². The summed E-state index contributed by atoms with van der Waals surface area (Å²) in [4.78, 5) is 29.2. The highest BCUT2D eigenvalue weighted by molar-refractivity contribution is 9.10. The second-order valence-corrected chi connectivity index (χ2v) is 9.86. The van der Waals surface area contributed by atoms with E-state index in [1.165, 1.54) is 27.2 Å². The zero-order valence-electron chi connectivity index (χ0n) is 16.7. The second-order valence-electron chi connectivity index (χ2n) is 8.94. The first-order chi connectivity index (χ1) is 14.4. The van der Waals surface area contributed by atoms with Crippen LogP contribution in [0.3, 0.4) is 0 Å². The van der Waals surface area contributed by atoms with E-state index in [4.69, 9.17) is 0 Å². The fraction of sp³-hybridized carbons (Fsp3) is 0.231. The zero-order valence-corrected chi connectivity index (χ0v) is 18.3. The topological polar surface area (TPSA) is 37.4 Å². The molecule has 0 spiro atoms. The number of nitrogens with zero attached hydrogens (tertiary/aromatic N) is 1. The number of amides is 2. The molecular formula is C26H20BrNO2. The van der Waals surface area contributed by atoms with Gasteiger partial charge in [0.05, 0.1) is 17.5 Å². The molecule has 4 heteroatoms. The Labute approximate surface area is 183 Å². The third-order valence-corrected chi connectivity index (χ3v) is 8.20. The highest BCUT2D eigenvalue weighted by Gasteiger charge is 2.70. The number of hydrogen-bond acceptors (Lipinski definition) is 2. The third-order valence-electron chi connectivity index (χ3n) is 7.71. The SMILES string of the molecule is CC12c3ccccc3C(C)(c3ccccc31)[C@H]1C(=O)N(c3cccc(Br)c3)C(=O)[C@@H]12. The molecule has 3 aromatic carbocycles. The summed E-state index contributed by atoms with van der Waals surface area (Å²) in [6, 6.07) is 24.2. The van der Waals surface area contributed by atoms with Crippen molar-refractivity contribution < 1.29 is 9.59 Å².